The molecule has 3 N–H and O–H groups in total. The van der Waals surface area contributed by atoms with Gasteiger partial charge in [-0.1, -0.05) is 34.8 Å². The summed E-state index contributed by atoms with van der Waals surface area (Å²) >= 11 is 18.9. The van der Waals surface area contributed by atoms with Gasteiger partial charge in [-0.2, -0.15) is 0 Å². The van der Waals surface area contributed by atoms with Crippen LogP contribution in [0.25, 0.3) is 0 Å². The number of carbonyl (C=O) groups is 4. The first-order valence-electron chi connectivity index (χ1n) is 12.4. The molecule has 0 radical (unpaired) electrons. The highest BCUT2D eigenvalue weighted by Gasteiger charge is 2.30. The monoisotopic (exact) mass is 605 g/mol. The number of carbonyl (C=O) groups excluding carboxylic acids is 3. The molecule has 3 amide bonds. The van der Waals surface area contributed by atoms with Gasteiger partial charge in [-0.05, 0) is 61.7 Å². The highest BCUT2D eigenvalue weighted by Crippen LogP contribution is 2.35. The molecule has 13 heteroatoms. The van der Waals surface area contributed by atoms with Crippen molar-refractivity contribution in [3.05, 3.63) is 85.9 Å². The van der Waals surface area contributed by atoms with Gasteiger partial charge in [0.1, 0.15) is 11.7 Å². The lowest BCUT2D eigenvalue weighted by Crippen LogP contribution is -2.48. The van der Waals surface area contributed by atoms with Crippen molar-refractivity contribution in [3.8, 4) is 0 Å². The summed E-state index contributed by atoms with van der Waals surface area (Å²) in [6.45, 7) is 4.04. The van der Waals surface area contributed by atoms with Crippen LogP contribution in [0.5, 0.6) is 0 Å². The van der Waals surface area contributed by atoms with Crippen LogP contribution >= 0.6 is 34.8 Å². The Bertz CT molecular complexity index is 1470. The second-order valence-electron chi connectivity index (χ2n) is 9.54. The van der Waals surface area contributed by atoms with E-state index in [0.29, 0.717) is 34.7 Å². The molecule has 0 unspecified atom stereocenters. The topological polar surface area (TPSA) is 134 Å². The average molecular weight is 607 g/mol. The Hall–Kier alpha value is -3.60. The summed E-state index contributed by atoms with van der Waals surface area (Å²) in [6.07, 6.45) is 3.42. The van der Waals surface area contributed by atoms with Crippen molar-refractivity contribution in [2.45, 2.75) is 38.9 Å². The van der Waals surface area contributed by atoms with Gasteiger partial charge in [-0.3, -0.25) is 14.4 Å². The van der Waals surface area contributed by atoms with Crippen molar-refractivity contribution in [1.82, 2.24) is 25.1 Å². The second kappa shape index (κ2) is 12.3. The molecule has 0 fully saturated rings. The molecule has 10 nitrogen and oxygen atoms in total. The fourth-order valence-corrected chi connectivity index (χ4v) is 5.15. The molecule has 1 aliphatic rings. The van der Waals surface area contributed by atoms with Gasteiger partial charge in [-0.25, -0.2) is 9.78 Å². The first-order chi connectivity index (χ1) is 19.0. The molecule has 3 aromatic rings. The third kappa shape index (κ3) is 6.41. The number of imidazole rings is 1. The molecule has 1 aromatic heterocycles. The molecular weight excluding hydrogens is 581 g/mol. The molecule has 0 aliphatic carbocycles. The van der Waals surface area contributed by atoms with E-state index in [1.807, 2.05) is 13.8 Å². The van der Waals surface area contributed by atoms with Crippen molar-refractivity contribution < 1.29 is 24.3 Å². The highest BCUT2D eigenvalue weighted by atomic mass is 35.5. The summed E-state index contributed by atoms with van der Waals surface area (Å²) in [5.74, 6) is -2.92. The summed E-state index contributed by atoms with van der Waals surface area (Å²) in [5.41, 5.74) is 1.86. The Morgan fingerprint density at radius 1 is 1.07 bits per heavy atom. The van der Waals surface area contributed by atoms with Gasteiger partial charge in [0.2, 0.25) is 0 Å². The molecule has 4 rings (SSSR count). The highest BCUT2D eigenvalue weighted by molar-refractivity contribution is 6.40. The van der Waals surface area contributed by atoms with Crippen LogP contribution in [0.4, 0.5) is 0 Å². The number of benzene rings is 2. The number of aromatic nitrogens is 2. The van der Waals surface area contributed by atoms with E-state index in [-0.39, 0.29) is 39.8 Å². The van der Waals surface area contributed by atoms with Crippen molar-refractivity contribution in [2.24, 2.45) is 0 Å². The lowest BCUT2D eigenvalue weighted by atomic mass is 9.96. The number of aliphatic carboxylic acids is 1. The molecule has 2 aromatic carbocycles. The molecule has 0 saturated heterocycles. The largest absolute Gasteiger partial charge is 0.480 e. The molecular formula is C27H26Cl3N5O5. The summed E-state index contributed by atoms with van der Waals surface area (Å²) in [5, 5.41) is 15.1. The lowest BCUT2D eigenvalue weighted by molar-refractivity contribution is -0.139. The SMILES string of the molecule is CC(C)n1cnc(C(=O)NC[C@H](NC(=O)c2c(Cl)cc3c(c2Cl)CCN(C(=O)c2ccc(Cl)cc2)C3)C(=O)O)c1. The fourth-order valence-electron chi connectivity index (χ4n) is 4.26. The van der Waals surface area contributed by atoms with Gasteiger partial charge in [-0.15, -0.1) is 0 Å². The zero-order valence-electron chi connectivity index (χ0n) is 21.6. The van der Waals surface area contributed by atoms with E-state index in [1.165, 1.54) is 6.33 Å². The van der Waals surface area contributed by atoms with Crippen LogP contribution < -0.4 is 10.6 Å². The summed E-state index contributed by atoms with van der Waals surface area (Å²) in [7, 11) is 0. The van der Waals surface area contributed by atoms with Crippen LogP contribution in [0, 0.1) is 0 Å². The average Bonchev–Trinajstić information content (AvgIpc) is 3.41. The predicted octanol–water partition coefficient (Wildman–Crippen LogP) is 4.24. The molecule has 0 saturated carbocycles. The van der Waals surface area contributed by atoms with Gasteiger partial charge < -0.3 is 25.2 Å². The van der Waals surface area contributed by atoms with Gasteiger partial charge in [0, 0.05) is 42.5 Å². The van der Waals surface area contributed by atoms with Crippen molar-refractivity contribution in [2.75, 3.05) is 13.1 Å². The van der Waals surface area contributed by atoms with Crippen LogP contribution in [0.3, 0.4) is 0 Å². The maximum absolute atomic E-state index is 13.1. The Morgan fingerprint density at radius 3 is 2.40 bits per heavy atom. The van der Waals surface area contributed by atoms with Crippen LogP contribution in [0.15, 0.2) is 42.9 Å². The Labute approximate surface area is 245 Å². The molecule has 40 heavy (non-hydrogen) atoms. The minimum Gasteiger partial charge on any atom is -0.480 e. The number of fused-ring (bicyclic) bond motifs is 1. The van der Waals surface area contributed by atoms with E-state index in [1.54, 1.807) is 46.0 Å². The number of carboxylic acid groups (broad SMARTS) is 1. The molecule has 1 atom stereocenters. The third-order valence-corrected chi connectivity index (χ3v) is 7.48. The number of halogens is 3. The zero-order chi connectivity index (χ0) is 29.1. The van der Waals surface area contributed by atoms with Crippen molar-refractivity contribution >= 4 is 58.5 Å². The van der Waals surface area contributed by atoms with Crippen LogP contribution in [0.1, 0.15) is 62.2 Å². The molecule has 0 bridgehead atoms. The van der Waals surface area contributed by atoms with Gasteiger partial charge in [0.25, 0.3) is 17.7 Å². The number of hydrogen-bond acceptors (Lipinski definition) is 5. The summed E-state index contributed by atoms with van der Waals surface area (Å²) < 4.78 is 1.73. The van der Waals surface area contributed by atoms with E-state index in [9.17, 15) is 24.3 Å². The van der Waals surface area contributed by atoms with Gasteiger partial charge in [0.15, 0.2) is 0 Å². The summed E-state index contributed by atoms with van der Waals surface area (Å²) in [4.78, 5) is 56.0. The van der Waals surface area contributed by atoms with E-state index < -0.39 is 30.4 Å². The minimum atomic E-state index is -1.46. The molecule has 1 aliphatic heterocycles. The number of rotatable bonds is 8. The van der Waals surface area contributed by atoms with E-state index >= 15 is 0 Å². The first-order valence-corrected chi connectivity index (χ1v) is 13.5. The molecule has 210 valence electrons. The molecule has 0 spiro atoms. The number of hydrogen-bond donors (Lipinski definition) is 3. The third-order valence-electron chi connectivity index (χ3n) is 6.51. The van der Waals surface area contributed by atoms with E-state index in [4.69, 9.17) is 34.8 Å². The van der Waals surface area contributed by atoms with E-state index in [2.05, 4.69) is 15.6 Å². The maximum Gasteiger partial charge on any atom is 0.328 e. The van der Waals surface area contributed by atoms with E-state index in [0.717, 1.165) is 0 Å². The normalized spacial score (nSPS) is 13.5. The van der Waals surface area contributed by atoms with Gasteiger partial charge >= 0.3 is 5.97 Å². The fraction of sp³-hybridized carbons (Fsp3) is 0.296. The molecule has 2 heterocycles. The lowest BCUT2D eigenvalue weighted by Gasteiger charge is -2.30. The van der Waals surface area contributed by atoms with Crippen LogP contribution in [0.2, 0.25) is 15.1 Å². The number of amides is 3. The number of carboxylic acids is 1. The number of nitrogens with one attached hydrogen (secondary N) is 2. The second-order valence-corrected chi connectivity index (χ2v) is 10.8. The smallest absolute Gasteiger partial charge is 0.328 e. The number of nitrogens with zero attached hydrogens (tertiary/aromatic N) is 3. The Morgan fingerprint density at radius 2 is 1.77 bits per heavy atom. The zero-order valence-corrected chi connectivity index (χ0v) is 23.8. The maximum atomic E-state index is 13.1. The van der Waals surface area contributed by atoms with Crippen LogP contribution in [-0.4, -0.2) is 62.4 Å². The van der Waals surface area contributed by atoms with Crippen molar-refractivity contribution in [1.29, 1.82) is 0 Å². The Balaban J connectivity index is 1.45. The summed E-state index contributed by atoms with van der Waals surface area (Å²) in [6, 6.07) is 6.77. The Kier molecular flexibility index (Phi) is 9.02. The van der Waals surface area contributed by atoms with Gasteiger partial charge in [0.05, 0.1) is 21.9 Å². The van der Waals surface area contributed by atoms with Crippen LogP contribution in [-0.2, 0) is 17.8 Å². The standard InChI is InChI=1S/C27H26Cl3N5O5/c1-14(2)35-12-21(32-13-35)24(36)31-10-20(27(39)40)33-25(37)22-19(29)9-16-11-34(8-7-18(16)23(22)30)26(38)15-3-5-17(28)6-4-15/h3-6,9,12-14,20H,7-8,10-11H2,1-2H3,(H,31,36)(H,33,37)(H,39,40)/t20-/m0/s1. The quantitative estimate of drug-likeness (QED) is 0.351. The predicted molar refractivity (Wildman–Crippen MR) is 150 cm³/mol. The first kappa shape index (κ1) is 29.4. The minimum absolute atomic E-state index is 0.00874. The van der Waals surface area contributed by atoms with Crippen molar-refractivity contribution in [3.63, 3.8) is 0 Å².